The fourth-order valence-corrected chi connectivity index (χ4v) is 1.31. The van der Waals surface area contributed by atoms with Gasteiger partial charge in [-0.15, -0.1) is 0 Å². The number of rotatable bonds is 3. The predicted octanol–water partition coefficient (Wildman–Crippen LogP) is 3.23. The van der Waals surface area contributed by atoms with E-state index in [0.717, 1.165) is 12.0 Å². The highest BCUT2D eigenvalue weighted by Gasteiger charge is 2.24. The molecule has 1 atom stereocenters. The van der Waals surface area contributed by atoms with E-state index in [1.54, 1.807) is 0 Å². The van der Waals surface area contributed by atoms with E-state index in [4.69, 9.17) is 0 Å². The van der Waals surface area contributed by atoms with Gasteiger partial charge in [0, 0.05) is 6.42 Å². The molecule has 58 valence electrons. The highest BCUT2D eigenvalue weighted by Crippen LogP contribution is 2.33. The molecule has 1 unspecified atom stereocenters. The van der Waals surface area contributed by atoms with E-state index in [0.29, 0.717) is 6.42 Å². The molecule has 0 spiro atoms. The summed E-state index contributed by atoms with van der Waals surface area (Å²) in [6.07, 6.45) is 3.67. The summed E-state index contributed by atoms with van der Waals surface area (Å²) in [5.74, 6) is 0. The molecule has 0 bridgehead atoms. The lowest BCUT2D eigenvalue weighted by Crippen LogP contribution is -2.17. The van der Waals surface area contributed by atoms with Crippen molar-refractivity contribution in [1.29, 1.82) is 0 Å². The Bertz CT molecular complexity index is 147. The topological polar surface area (TPSA) is 0 Å². The summed E-state index contributed by atoms with van der Waals surface area (Å²) in [5.41, 5.74) is 2.38. The Kier molecular flexibility index (Phi) is 2.47. The average molecular weight is 142 g/mol. The van der Waals surface area contributed by atoms with E-state index in [9.17, 15) is 4.39 Å². The second-order valence-electron chi connectivity index (χ2n) is 3.06. The second kappa shape index (κ2) is 3.18. The van der Waals surface area contributed by atoms with Gasteiger partial charge < -0.3 is 0 Å². The van der Waals surface area contributed by atoms with Gasteiger partial charge in [0.2, 0.25) is 0 Å². The Labute approximate surface area is 62.1 Å². The molecule has 0 amide bonds. The van der Waals surface area contributed by atoms with Crippen molar-refractivity contribution in [3.8, 4) is 0 Å². The zero-order valence-corrected chi connectivity index (χ0v) is 6.78. The zero-order valence-electron chi connectivity index (χ0n) is 6.78. The summed E-state index contributed by atoms with van der Waals surface area (Å²) in [4.78, 5) is 0. The Hall–Kier alpha value is -0.330. The molecule has 0 aromatic heterocycles. The van der Waals surface area contributed by atoms with Gasteiger partial charge in [-0.05, 0) is 25.3 Å². The average Bonchev–Trinajstić information content (AvgIpc) is 1.97. The van der Waals surface area contributed by atoms with Crippen molar-refractivity contribution < 1.29 is 4.39 Å². The maximum Gasteiger partial charge on any atom is 0.125 e. The van der Waals surface area contributed by atoms with E-state index in [-0.39, 0.29) is 0 Å². The van der Waals surface area contributed by atoms with Crippen LogP contribution in [-0.4, -0.2) is 6.17 Å². The summed E-state index contributed by atoms with van der Waals surface area (Å²) < 4.78 is 12.5. The molecule has 0 fully saturated rings. The predicted molar refractivity (Wildman–Crippen MR) is 41.7 cm³/mol. The molecule has 1 heteroatoms. The van der Waals surface area contributed by atoms with Crippen LogP contribution in [0.3, 0.4) is 0 Å². The molecule has 1 aliphatic carbocycles. The third-order valence-corrected chi connectivity index (χ3v) is 2.29. The number of alkyl halides is 1. The third kappa shape index (κ3) is 1.39. The molecule has 0 saturated carbocycles. The smallest absolute Gasteiger partial charge is 0.125 e. The van der Waals surface area contributed by atoms with Gasteiger partial charge in [0.25, 0.3) is 0 Å². The van der Waals surface area contributed by atoms with Crippen LogP contribution in [0.5, 0.6) is 0 Å². The number of unbranched alkanes of at least 4 members (excludes halogenated alkanes) is 1. The Balaban J connectivity index is 2.30. The van der Waals surface area contributed by atoms with Crippen molar-refractivity contribution in [3.63, 3.8) is 0 Å². The van der Waals surface area contributed by atoms with Gasteiger partial charge in [0.05, 0.1) is 0 Å². The first kappa shape index (κ1) is 7.77. The van der Waals surface area contributed by atoms with Crippen molar-refractivity contribution >= 4 is 0 Å². The van der Waals surface area contributed by atoms with Gasteiger partial charge in [-0.2, -0.15) is 0 Å². The van der Waals surface area contributed by atoms with E-state index >= 15 is 0 Å². The first-order valence-electron chi connectivity index (χ1n) is 4.08. The molecule has 1 rings (SSSR count). The fourth-order valence-electron chi connectivity index (χ4n) is 1.31. The molecule has 0 aromatic rings. The molecular weight excluding hydrogens is 127 g/mol. The highest BCUT2D eigenvalue weighted by atomic mass is 19.1. The molecule has 1 aliphatic rings. The van der Waals surface area contributed by atoms with Crippen molar-refractivity contribution in [2.45, 2.75) is 45.7 Å². The molecule has 0 heterocycles. The molecule has 0 radical (unpaired) electrons. The minimum Gasteiger partial charge on any atom is -0.242 e. The van der Waals surface area contributed by atoms with Gasteiger partial charge in [0.1, 0.15) is 6.17 Å². The number of halogens is 1. The number of hydrogen-bond acceptors (Lipinski definition) is 0. The molecule has 0 N–H and O–H groups in total. The van der Waals surface area contributed by atoms with E-state index < -0.39 is 6.17 Å². The summed E-state index contributed by atoms with van der Waals surface area (Å²) in [6, 6.07) is 0. The van der Waals surface area contributed by atoms with Crippen molar-refractivity contribution in [3.05, 3.63) is 11.1 Å². The van der Waals surface area contributed by atoms with Gasteiger partial charge in [-0.25, -0.2) is 4.39 Å². The summed E-state index contributed by atoms with van der Waals surface area (Å²) in [6.45, 7) is 4.08. The minimum atomic E-state index is -0.605. The van der Waals surface area contributed by atoms with Crippen LogP contribution in [0.1, 0.15) is 39.5 Å². The van der Waals surface area contributed by atoms with Crippen LogP contribution in [0.15, 0.2) is 11.1 Å². The normalized spacial score (nSPS) is 24.9. The second-order valence-corrected chi connectivity index (χ2v) is 3.06. The minimum absolute atomic E-state index is 0.605. The van der Waals surface area contributed by atoms with Crippen molar-refractivity contribution in [2.24, 2.45) is 0 Å². The number of allylic oxidation sites excluding steroid dienone is 2. The first-order valence-corrected chi connectivity index (χ1v) is 4.08. The van der Waals surface area contributed by atoms with Crippen LogP contribution in [0, 0.1) is 0 Å². The monoisotopic (exact) mass is 142 g/mol. The number of hydrogen-bond donors (Lipinski definition) is 0. The molecule has 10 heavy (non-hydrogen) atoms. The maximum atomic E-state index is 12.5. The van der Waals surface area contributed by atoms with Crippen LogP contribution in [0.25, 0.3) is 0 Å². The zero-order chi connectivity index (χ0) is 7.56. The largest absolute Gasteiger partial charge is 0.242 e. The Morgan fingerprint density at radius 2 is 2.30 bits per heavy atom. The van der Waals surface area contributed by atoms with Crippen molar-refractivity contribution in [2.75, 3.05) is 0 Å². The first-order chi connectivity index (χ1) is 4.75. The van der Waals surface area contributed by atoms with Crippen molar-refractivity contribution in [1.82, 2.24) is 0 Å². The van der Waals surface area contributed by atoms with Crippen LogP contribution in [0.4, 0.5) is 4.39 Å². The van der Waals surface area contributed by atoms with E-state index in [1.807, 2.05) is 6.92 Å². The van der Waals surface area contributed by atoms with E-state index in [2.05, 4.69) is 6.92 Å². The van der Waals surface area contributed by atoms with Gasteiger partial charge >= 0.3 is 0 Å². The van der Waals surface area contributed by atoms with Gasteiger partial charge in [-0.1, -0.05) is 18.9 Å². The molecule has 0 aromatic carbocycles. The molecular formula is C9H15F. The fraction of sp³-hybridized carbons (Fsp3) is 0.778. The summed E-state index contributed by atoms with van der Waals surface area (Å²) >= 11 is 0. The lowest BCUT2D eigenvalue weighted by atomic mass is 9.85. The van der Waals surface area contributed by atoms with E-state index in [1.165, 1.54) is 18.4 Å². The molecule has 0 nitrogen and oxygen atoms in total. The Morgan fingerprint density at radius 3 is 2.70 bits per heavy atom. The third-order valence-electron chi connectivity index (χ3n) is 2.29. The SMILES string of the molecule is CCCCC1=C(C)C(F)C1. The van der Waals surface area contributed by atoms with Crippen LogP contribution >= 0.6 is 0 Å². The van der Waals surface area contributed by atoms with Crippen LogP contribution < -0.4 is 0 Å². The summed E-state index contributed by atoms with van der Waals surface area (Å²) in [7, 11) is 0. The maximum absolute atomic E-state index is 12.5. The Morgan fingerprint density at radius 1 is 1.60 bits per heavy atom. The van der Waals surface area contributed by atoms with Gasteiger partial charge in [0.15, 0.2) is 0 Å². The standard InChI is InChI=1S/C9H15F/c1-3-4-5-8-6-9(10)7(8)2/h9H,3-6H2,1-2H3. The molecule has 0 saturated heterocycles. The van der Waals surface area contributed by atoms with Gasteiger partial charge in [-0.3, -0.25) is 0 Å². The van der Waals surface area contributed by atoms with Crippen LogP contribution in [0.2, 0.25) is 0 Å². The van der Waals surface area contributed by atoms with Crippen LogP contribution in [-0.2, 0) is 0 Å². The lowest BCUT2D eigenvalue weighted by Gasteiger charge is -2.25. The highest BCUT2D eigenvalue weighted by molar-refractivity contribution is 5.28. The molecule has 0 aliphatic heterocycles. The summed E-state index contributed by atoms with van der Waals surface area (Å²) in [5, 5.41) is 0. The quantitative estimate of drug-likeness (QED) is 0.531. The lowest BCUT2D eigenvalue weighted by molar-refractivity contribution is 0.335.